The molecule has 29 heavy (non-hydrogen) atoms. The number of H-pyrrole nitrogens is 1. The van der Waals surface area contributed by atoms with Gasteiger partial charge in [0.05, 0.1) is 12.8 Å². The number of nitrogens with one attached hydrogen (secondary N) is 1. The number of aromatic nitrogens is 2. The molecule has 0 aliphatic heterocycles. The minimum Gasteiger partial charge on any atom is -0.496 e. The molecule has 1 heterocycles. The van der Waals surface area contributed by atoms with Crippen LogP contribution in [0.3, 0.4) is 0 Å². The Bertz CT molecular complexity index is 1110. The van der Waals surface area contributed by atoms with Crippen molar-refractivity contribution in [3.63, 3.8) is 0 Å². The van der Waals surface area contributed by atoms with Crippen LogP contribution in [0.1, 0.15) is 5.56 Å². The molecule has 0 saturated heterocycles. The number of nitrogens with zero attached hydrogens (tertiary/aromatic N) is 1. The Hall–Kier alpha value is -3.67. The van der Waals surface area contributed by atoms with Gasteiger partial charge in [-0.15, -0.1) is 0 Å². The molecule has 4 rings (SSSR count). The van der Waals surface area contributed by atoms with E-state index >= 15 is 0 Å². The third-order valence-corrected chi connectivity index (χ3v) is 4.41. The first-order chi connectivity index (χ1) is 14.1. The summed E-state index contributed by atoms with van der Waals surface area (Å²) in [6, 6.07) is 18.6. The van der Waals surface area contributed by atoms with Gasteiger partial charge in [-0.2, -0.15) is 0 Å². The molecule has 0 radical (unpaired) electrons. The molecule has 0 bridgehead atoms. The summed E-state index contributed by atoms with van der Waals surface area (Å²) in [7, 11) is 1.56. The van der Waals surface area contributed by atoms with Gasteiger partial charge in [0.15, 0.2) is 0 Å². The third kappa shape index (κ3) is 4.27. The Morgan fingerprint density at radius 2 is 1.69 bits per heavy atom. The van der Waals surface area contributed by atoms with Gasteiger partial charge in [0, 0.05) is 29.5 Å². The van der Waals surface area contributed by atoms with E-state index in [1.54, 1.807) is 19.4 Å². The van der Waals surface area contributed by atoms with Crippen LogP contribution in [0.2, 0.25) is 0 Å². The fourth-order valence-corrected chi connectivity index (χ4v) is 3.01. The van der Waals surface area contributed by atoms with Gasteiger partial charge < -0.3 is 14.5 Å². The van der Waals surface area contributed by atoms with Gasteiger partial charge in [0.1, 0.15) is 35.6 Å². The average molecular weight is 392 g/mol. The van der Waals surface area contributed by atoms with Crippen molar-refractivity contribution in [2.75, 3.05) is 7.11 Å². The molecular formula is C23H18F2N2O2. The molecule has 0 aliphatic carbocycles. The van der Waals surface area contributed by atoms with E-state index in [0.717, 1.165) is 17.2 Å². The second-order valence-electron chi connectivity index (χ2n) is 6.43. The largest absolute Gasteiger partial charge is 0.496 e. The predicted octanol–water partition coefficient (Wildman–Crippen LogP) is 5.61. The van der Waals surface area contributed by atoms with Crippen molar-refractivity contribution in [3.05, 3.63) is 90.1 Å². The minimum absolute atomic E-state index is 0.329. The normalized spacial score (nSPS) is 10.7. The summed E-state index contributed by atoms with van der Waals surface area (Å²) in [5.41, 5.74) is 2.72. The SMILES string of the molecule is COc1cc(OCc2ccccc2)ccc1-c1c[nH]c(-c2cc(F)cc(F)c2)n1. The van der Waals surface area contributed by atoms with Crippen LogP contribution in [-0.2, 0) is 6.61 Å². The summed E-state index contributed by atoms with van der Waals surface area (Å²) in [6.07, 6.45) is 1.67. The molecule has 0 spiro atoms. The van der Waals surface area contributed by atoms with Gasteiger partial charge >= 0.3 is 0 Å². The van der Waals surface area contributed by atoms with Crippen molar-refractivity contribution in [3.8, 4) is 34.1 Å². The lowest BCUT2D eigenvalue weighted by molar-refractivity contribution is 0.304. The highest BCUT2D eigenvalue weighted by atomic mass is 19.1. The van der Waals surface area contributed by atoms with Gasteiger partial charge in [-0.1, -0.05) is 30.3 Å². The zero-order chi connectivity index (χ0) is 20.2. The quantitative estimate of drug-likeness (QED) is 0.464. The van der Waals surface area contributed by atoms with Crippen molar-refractivity contribution >= 4 is 0 Å². The third-order valence-electron chi connectivity index (χ3n) is 4.41. The minimum atomic E-state index is -0.657. The van der Waals surface area contributed by atoms with Crippen molar-refractivity contribution < 1.29 is 18.3 Å². The molecule has 0 fully saturated rings. The maximum atomic E-state index is 13.5. The highest BCUT2D eigenvalue weighted by molar-refractivity contribution is 5.70. The van der Waals surface area contributed by atoms with Crippen molar-refractivity contribution in [2.45, 2.75) is 6.61 Å². The summed E-state index contributed by atoms with van der Waals surface area (Å²) in [6.45, 7) is 0.445. The number of aromatic amines is 1. The van der Waals surface area contributed by atoms with Gasteiger partial charge in [-0.3, -0.25) is 0 Å². The Kier molecular flexibility index (Phi) is 5.24. The fourth-order valence-electron chi connectivity index (χ4n) is 3.01. The van der Waals surface area contributed by atoms with Gasteiger partial charge in [0.2, 0.25) is 0 Å². The van der Waals surface area contributed by atoms with E-state index in [1.165, 1.54) is 12.1 Å². The zero-order valence-corrected chi connectivity index (χ0v) is 15.7. The van der Waals surface area contributed by atoms with E-state index in [1.807, 2.05) is 42.5 Å². The van der Waals surface area contributed by atoms with Gasteiger partial charge in [0.25, 0.3) is 0 Å². The molecular weight excluding hydrogens is 374 g/mol. The maximum absolute atomic E-state index is 13.5. The molecule has 4 aromatic rings. The standard InChI is InChI=1S/C23H18F2N2O2/c1-28-22-12-19(29-14-15-5-3-2-4-6-15)7-8-20(22)21-13-26-23(27-21)16-9-17(24)11-18(25)10-16/h2-13H,14H2,1H3,(H,26,27). The van der Waals surface area contributed by atoms with Crippen LogP contribution in [0.5, 0.6) is 11.5 Å². The molecule has 0 amide bonds. The first-order valence-corrected chi connectivity index (χ1v) is 8.99. The van der Waals surface area contributed by atoms with E-state index in [9.17, 15) is 8.78 Å². The Balaban J connectivity index is 1.58. The van der Waals surface area contributed by atoms with Crippen molar-refractivity contribution in [1.82, 2.24) is 9.97 Å². The highest BCUT2D eigenvalue weighted by Gasteiger charge is 2.13. The number of rotatable bonds is 6. The Morgan fingerprint density at radius 3 is 2.41 bits per heavy atom. The van der Waals surface area contributed by atoms with Crippen LogP contribution < -0.4 is 9.47 Å². The fraction of sp³-hybridized carbons (Fsp3) is 0.0870. The molecule has 1 N–H and O–H groups in total. The Morgan fingerprint density at radius 1 is 0.931 bits per heavy atom. The van der Waals surface area contributed by atoms with Crippen LogP contribution >= 0.6 is 0 Å². The van der Waals surface area contributed by atoms with E-state index in [-0.39, 0.29) is 0 Å². The number of ether oxygens (including phenoxy) is 2. The van der Waals surface area contributed by atoms with E-state index in [2.05, 4.69) is 9.97 Å². The van der Waals surface area contributed by atoms with Gasteiger partial charge in [-0.05, 0) is 29.8 Å². The van der Waals surface area contributed by atoms with Gasteiger partial charge in [-0.25, -0.2) is 13.8 Å². The summed E-state index contributed by atoms with van der Waals surface area (Å²) < 4.78 is 38.3. The maximum Gasteiger partial charge on any atom is 0.138 e. The smallest absolute Gasteiger partial charge is 0.138 e. The number of methoxy groups -OCH3 is 1. The first-order valence-electron chi connectivity index (χ1n) is 8.99. The van der Waals surface area contributed by atoms with Crippen molar-refractivity contribution in [1.29, 1.82) is 0 Å². The molecule has 146 valence electrons. The number of hydrogen-bond acceptors (Lipinski definition) is 3. The molecule has 0 unspecified atom stereocenters. The lowest BCUT2D eigenvalue weighted by Gasteiger charge is -2.11. The zero-order valence-electron chi connectivity index (χ0n) is 15.7. The number of halogens is 2. The van der Waals surface area contributed by atoms with E-state index in [4.69, 9.17) is 9.47 Å². The molecule has 6 heteroatoms. The van der Waals surface area contributed by atoms with Crippen molar-refractivity contribution in [2.24, 2.45) is 0 Å². The lowest BCUT2D eigenvalue weighted by Crippen LogP contribution is -1.96. The summed E-state index contributed by atoms with van der Waals surface area (Å²) in [5.74, 6) is 0.298. The number of imidazole rings is 1. The van der Waals surface area contributed by atoms with Crippen LogP contribution in [0, 0.1) is 11.6 Å². The molecule has 0 aliphatic rings. The Labute approximate surface area is 166 Å². The lowest BCUT2D eigenvalue weighted by atomic mass is 10.1. The molecule has 0 atom stereocenters. The second-order valence-corrected chi connectivity index (χ2v) is 6.43. The topological polar surface area (TPSA) is 47.1 Å². The summed E-state index contributed by atoms with van der Waals surface area (Å²) in [4.78, 5) is 7.41. The molecule has 0 saturated carbocycles. The molecule has 3 aromatic carbocycles. The monoisotopic (exact) mass is 392 g/mol. The summed E-state index contributed by atoms with van der Waals surface area (Å²) >= 11 is 0. The van der Waals surface area contributed by atoms with Crippen LogP contribution in [0.25, 0.3) is 22.6 Å². The van der Waals surface area contributed by atoms with Crippen LogP contribution in [-0.4, -0.2) is 17.1 Å². The number of hydrogen-bond donors (Lipinski definition) is 1. The van der Waals surface area contributed by atoms with Crippen LogP contribution in [0.4, 0.5) is 8.78 Å². The highest BCUT2D eigenvalue weighted by Crippen LogP contribution is 2.33. The summed E-state index contributed by atoms with van der Waals surface area (Å²) in [5, 5.41) is 0. The molecule has 4 nitrogen and oxygen atoms in total. The van der Waals surface area contributed by atoms with E-state index in [0.29, 0.717) is 35.2 Å². The van der Waals surface area contributed by atoms with Crippen LogP contribution in [0.15, 0.2) is 72.9 Å². The second kappa shape index (κ2) is 8.14. The molecule has 1 aromatic heterocycles. The average Bonchev–Trinajstić information content (AvgIpc) is 3.22. The first kappa shape index (κ1) is 18.7. The number of benzene rings is 3. The predicted molar refractivity (Wildman–Crippen MR) is 107 cm³/mol. The van der Waals surface area contributed by atoms with E-state index < -0.39 is 11.6 Å².